The summed E-state index contributed by atoms with van der Waals surface area (Å²) in [5.41, 5.74) is 0.461. The fourth-order valence-corrected chi connectivity index (χ4v) is 2.58. The van der Waals surface area contributed by atoms with Crippen molar-refractivity contribution in [3.63, 3.8) is 0 Å². The summed E-state index contributed by atoms with van der Waals surface area (Å²) in [5.74, 6) is -0.188. The maximum atomic E-state index is 11.8. The maximum Gasteiger partial charge on any atom is 0.251 e. The smallest absolute Gasteiger partial charge is 0.251 e. The summed E-state index contributed by atoms with van der Waals surface area (Å²) >= 11 is 0. The fourth-order valence-electron chi connectivity index (χ4n) is 1.45. The summed E-state index contributed by atoms with van der Waals surface area (Å²) < 4.78 is 26.1. The van der Waals surface area contributed by atoms with Gasteiger partial charge in [0.25, 0.3) is 5.91 Å². The normalized spacial score (nSPS) is 11.3. The molecule has 6 heteroatoms. The van der Waals surface area contributed by atoms with Crippen molar-refractivity contribution in [3.8, 4) is 0 Å². The van der Waals surface area contributed by atoms with E-state index in [1.54, 1.807) is 0 Å². The number of rotatable bonds is 7. The largest absolute Gasteiger partial charge is 0.352 e. The number of hydrogen-bond donors (Lipinski definition) is 2. The van der Waals surface area contributed by atoms with Crippen molar-refractivity contribution in [2.75, 3.05) is 13.1 Å². The number of carbonyl (C=O) groups is 1. The lowest BCUT2D eigenvalue weighted by molar-refractivity contribution is 0.0953. The quantitative estimate of drug-likeness (QED) is 0.797. The Bertz CT molecular complexity index is 509. The average Bonchev–Trinajstić information content (AvgIpc) is 2.42. The second-order valence-corrected chi connectivity index (χ2v) is 5.95. The molecule has 1 amide bonds. The molecular weight excluding hydrogens is 264 g/mol. The van der Waals surface area contributed by atoms with Crippen LogP contribution >= 0.6 is 0 Å². The monoisotopic (exact) mass is 284 g/mol. The first kappa shape index (κ1) is 15.7. The molecule has 0 aromatic heterocycles. The van der Waals surface area contributed by atoms with Gasteiger partial charge in [0, 0.05) is 18.7 Å². The van der Waals surface area contributed by atoms with E-state index in [0.29, 0.717) is 18.7 Å². The molecule has 5 nitrogen and oxygen atoms in total. The first-order valence-corrected chi connectivity index (χ1v) is 7.87. The Hall–Kier alpha value is -1.40. The number of amides is 1. The van der Waals surface area contributed by atoms with E-state index in [9.17, 15) is 13.2 Å². The molecule has 0 bridgehead atoms. The molecule has 0 aliphatic rings. The predicted octanol–water partition coefficient (Wildman–Crippen LogP) is 1.51. The van der Waals surface area contributed by atoms with Gasteiger partial charge < -0.3 is 5.32 Å². The average molecular weight is 284 g/mol. The van der Waals surface area contributed by atoms with Crippen LogP contribution in [0.5, 0.6) is 0 Å². The van der Waals surface area contributed by atoms with Gasteiger partial charge in [-0.1, -0.05) is 13.8 Å². The van der Waals surface area contributed by atoms with Crippen molar-refractivity contribution >= 4 is 15.9 Å². The lowest BCUT2D eigenvalue weighted by atomic mass is 10.2. The predicted molar refractivity (Wildman–Crippen MR) is 74.5 cm³/mol. The molecule has 0 radical (unpaired) electrons. The van der Waals surface area contributed by atoms with Gasteiger partial charge in [-0.15, -0.1) is 0 Å². The molecule has 0 aliphatic carbocycles. The number of benzene rings is 1. The number of nitrogens with one attached hydrogen (secondary N) is 2. The molecule has 0 unspecified atom stereocenters. The molecule has 1 aromatic rings. The summed E-state index contributed by atoms with van der Waals surface area (Å²) in [5, 5.41) is 2.74. The minimum atomic E-state index is -3.46. The molecule has 0 aliphatic heterocycles. The van der Waals surface area contributed by atoms with Crippen LogP contribution in [0, 0.1) is 0 Å². The third kappa shape index (κ3) is 4.65. The zero-order valence-corrected chi connectivity index (χ0v) is 12.1. The van der Waals surface area contributed by atoms with Gasteiger partial charge in [0.1, 0.15) is 0 Å². The summed E-state index contributed by atoms with van der Waals surface area (Å²) in [6, 6.07) is 5.93. The van der Waals surface area contributed by atoms with Crippen LogP contribution < -0.4 is 10.0 Å². The van der Waals surface area contributed by atoms with E-state index in [-0.39, 0.29) is 10.8 Å². The molecule has 0 fully saturated rings. The van der Waals surface area contributed by atoms with Crippen molar-refractivity contribution < 1.29 is 13.2 Å². The molecule has 2 N–H and O–H groups in total. The molecule has 19 heavy (non-hydrogen) atoms. The van der Waals surface area contributed by atoms with Crippen molar-refractivity contribution in [1.82, 2.24) is 10.0 Å². The van der Waals surface area contributed by atoms with Crippen molar-refractivity contribution in [3.05, 3.63) is 29.8 Å². The SMILES string of the molecule is CCCNC(=O)c1ccc(S(=O)(=O)NCCC)cc1. The maximum absolute atomic E-state index is 11.8. The Labute approximate surface area is 114 Å². The van der Waals surface area contributed by atoms with Gasteiger partial charge in [-0.2, -0.15) is 0 Å². The zero-order chi connectivity index (χ0) is 14.3. The molecule has 0 saturated heterocycles. The van der Waals surface area contributed by atoms with Crippen LogP contribution in [0.25, 0.3) is 0 Å². The van der Waals surface area contributed by atoms with E-state index >= 15 is 0 Å². The Morgan fingerprint density at radius 3 is 2.16 bits per heavy atom. The van der Waals surface area contributed by atoms with E-state index < -0.39 is 10.0 Å². The molecule has 1 rings (SSSR count). The van der Waals surface area contributed by atoms with Crippen molar-refractivity contribution in [2.45, 2.75) is 31.6 Å². The van der Waals surface area contributed by atoms with Crippen LogP contribution in [0.1, 0.15) is 37.0 Å². The minimum Gasteiger partial charge on any atom is -0.352 e. The van der Waals surface area contributed by atoms with Crippen LogP contribution in [0.4, 0.5) is 0 Å². The summed E-state index contributed by atoms with van der Waals surface area (Å²) in [6.07, 6.45) is 1.59. The van der Waals surface area contributed by atoms with E-state index in [1.807, 2.05) is 13.8 Å². The van der Waals surface area contributed by atoms with Gasteiger partial charge in [-0.3, -0.25) is 4.79 Å². The second kappa shape index (κ2) is 7.25. The highest BCUT2D eigenvalue weighted by Gasteiger charge is 2.13. The van der Waals surface area contributed by atoms with Crippen LogP contribution in [0.15, 0.2) is 29.2 Å². The molecule has 0 saturated carbocycles. The standard InChI is InChI=1S/C13H20N2O3S/c1-3-9-14-13(16)11-5-7-12(8-6-11)19(17,18)15-10-4-2/h5-8,15H,3-4,9-10H2,1-2H3,(H,14,16). The summed E-state index contributed by atoms with van der Waals surface area (Å²) in [4.78, 5) is 11.8. The van der Waals surface area contributed by atoms with Crippen LogP contribution in [0.3, 0.4) is 0 Å². The van der Waals surface area contributed by atoms with Crippen molar-refractivity contribution in [2.24, 2.45) is 0 Å². The molecule has 0 spiro atoms. The van der Waals surface area contributed by atoms with Gasteiger partial charge in [-0.25, -0.2) is 13.1 Å². The minimum absolute atomic E-state index is 0.174. The molecule has 0 heterocycles. The highest BCUT2D eigenvalue weighted by Crippen LogP contribution is 2.10. The van der Waals surface area contributed by atoms with Gasteiger partial charge in [0.15, 0.2) is 0 Å². The highest BCUT2D eigenvalue weighted by molar-refractivity contribution is 7.89. The second-order valence-electron chi connectivity index (χ2n) is 4.18. The lowest BCUT2D eigenvalue weighted by Gasteiger charge is -2.07. The number of hydrogen-bond acceptors (Lipinski definition) is 3. The Kier molecular flexibility index (Phi) is 5.98. The van der Waals surface area contributed by atoms with E-state index in [1.165, 1.54) is 24.3 Å². The van der Waals surface area contributed by atoms with E-state index in [4.69, 9.17) is 0 Å². The van der Waals surface area contributed by atoms with Gasteiger partial charge in [0.05, 0.1) is 4.90 Å². The highest BCUT2D eigenvalue weighted by atomic mass is 32.2. The molecule has 106 valence electrons. The summed E-state index contributed by atoms with van der Waals surface area (Å²) in [7, 11) is -3.46. The van der Waals surface area contributed by atoms with E-state index in [0.717, 1.165) is 12.8 Å². The van der Waals surface area contributed by atoms with Crippen LogP contribution in [-0.4, -0.2) is 27.4 Å². The molecule has 1 aromatic carbocycles. The van der Waals surface area contributed by atoms with E-state index in [2.05, 4.69) is 10.0 Å². The third-order valence-electron chi connectivity index (χ3n) is 2.50. The first-order valence-electron chi connectivity index (χ1n) is 6.39. The summed E-state index contributed by atoms with van der Waals surface area (Å²) in [6.45, 7) is 4.87. The lowest BCUT2D eigenvalue weighted by Crippen LogP contribution is -2.25. The molecule has 0 atom stereocenters. The number of carbonyl (C=O) groups excluding carboxylic acids is 1. The fraction of sp³-hybridized carbons (Fsp3) is 0.462. The van der Waals surface area contributed by atoms with Crippen molar-refractivity contribution in [1.29, 1.82) is 0 Å². The topological polar surface area (TPSA) is 75.3 Å². The Morgan fingerprint density at radius 1 is 1.05 bits per heavy atom. The zero-order valence-electron chi connectivity index (χ0n) is 11.3. The van der Waals surface area contributed by atoms with Crippen LogP contribution in [0.2, 0.25) is 0 Å². The van der Waals surface area contributed by atoms with Gasteiger partial charge in [-0.05, 0) is 37.1 Å². The van der Waals surface area contributed by atoms with Gasteiger partial charge in [0.2, 0.25) is 10.0 Å². The Balaban J connectivity index is 2.79. The van der Waals surface area contributed by atoms with Gasteiger partial charge >= 0.3 is 0 Å². The number of sulfonamides is 1. The first-order chi connectivity index (χ1) is 9.01. The van der Waals surface area contributed by atoms with Crippen LogP contribution in [-0.2, 0) is 10.0 Å². The Morgan fingerprint density at radius 2 is 1.63 bits per heavy atom. The third-order valence-corrected chi connectivity index (χ3v) is 3.98. The molecular formula is C13H20N2O3S.